The van der Waals surface area contributed by atoms with E-state index >= 15 is 0 Å². The van der Waals surface area contributed by atoms with Crippen molar-refractivity contribution >= 4 is 0 Å². The lowest BCUT2D eigenvalue weighted by atomic mass is 9.81. The molecule has 0 spiro atoms. The van der Waals surface area contributed by atoms with Crippen LogP contribution < -0.4 is 5.32 Å². The molecule has 0 aromatic heterocycles. The van der Waals surface area contributed by atoms with Gasteiger partial charge < -0.3 is 10.2 Å². The lowest BCUT2D eigenvalue weighted by Gasteiger charge is -2.35. The van der Waals surface area contributed by atoms with E-state index in [1.807, 2.05) is 0 Å². The Morgan fingerprint density at radius 2 is 2.00 bits per heavy atom. The molecule has 2 heteroatoms. The van der Waals surface area contributed by atoms with Gasteiger partial charge in [0, 0.05) is 19.6 Å². The summed E-state index contributed by atoms with van der Waals surface area (Å²) in [6.07, 6.45) is 3.97. The van der Waals surface area contributed by atoms with E-state index in [0.29, 0.717) is 5.41 Å². The van der Waals surface area contributed by atoms with Gasteiger partial charge in [0.05, 0.1) is 0 Å². The molecule has 1 aliphatic heterocycles. The molecule has 1 fully saturated rings. The molecule has 0 radical (unpaired) electrons. The van der Waals surface area contributed by atoms with Gasteiger partial charge in [-0.15, -0.1) is 0 Å². The largest absolute Gasteiger partial charge is 0.319 e. The van der Waals surface area contributed by atoms with Gasteiger partial charge >= 0.3 is 0 Å². The van der Waals surface area contributed by atoms with Crippen LogP contribution in [0.4, 0.5) is 0 Å². The SMILES string of the molecule is CCC(CC)(CNC)CN1CCC(C)C1. The van der Waals surface area contributed by atoms with Crippen molar-refractivity contribution in [1.29, 1.82) is 0 Å². The summed E-state index contributed by atoms with van der Waals surface area (Å²) in [6, 6.07) is 0. The van der Waals surface area contributed by atoms with Crippen LogP contribution in [0.1, 0.15) is 40.0 Å². The standard InChI is InChI=1S/C13H28N2/c1-5-13(6-2,10-14-4)11-15-8-7-12(3)9-15/h12,14H,5-11H2,1-4H3. The van der Waals surface area contributed by atoms with Gasteiger partial charge in [0.1, 0.15) is 0 Å². The third kappa shape index (κ3) is 3.46. The fraction of sp³-hybridized carbons (Fsp3) is 1.00. The second-order valence-corrected chi connectivity index (χ2v) is 5.37. The van der Waals surface area contributed by atoms with Gasteiger partial charge in [-0.05, 0) is 44.2 Å². The fourth-order valence-electron chi connectivity index (χ4n) is 2.80. The lowest BCUT2D eigenvalue weighted by Crippen LogP contribution is -2.42. The zero-order valence-corrected chi connectivity index (χ0v) is 11.0. The molecule has 90 valence electrons. The molecule has 1 N–H and O–H groups in total. The van der Waals surface area contributed by atoms with E-state index in [0.717, 1.165) is 12.5 Å². The summed E-state index contributed by atoms with van der Waals surface area (Å²) in [5, 5.41) is 3.37. The van der Waals surface area contributed by atoms with Crippen LogP contribution >= 0.6 is 0 Å². The van der Waals surface area contributed by atoms with Gasteiger partial charge in [0.15, 0.2) is 0 Å². The van der Waals surface area contributed by atoms with Crippen LogP contribution in [0.2, 0.25) is 0 Å². The lowest BCUT2D eigenvalue weighted by molar-refractivity contribution is 0.155. The molecule has 0 aliphatic carbocycles. The van der Waals surface area contributed by atoms with Crippen LogP contribution in [0.3, 0.4) is 0 Å². The molecule has 0 saturated carbocycles. The molecule has 1 saturated heterocycles. The van der Waals surface area contributed by atoms with Gasteiger partial charge in [-0.1, -0.05) is 20.8 Å². The predicted octanol–water partition coefficient (Wildman–Crippen LogP) is 2.35. The molecule has 0 aromatic carbocycles. The molecule has 1 rings (SSSR count). The summed E-state index contributed by atoms with van der Waals surface area (Å²) in [5.41, 5.74) is 0.499. The summed E-state index contributed by atoms with van der Waals surface area (Å²) in [7, 11) is 2.08. The van der Waals surface area contributed by atoms with Gasteiger partial charge in [-0.3, -0.25) is 0 Å². The number of likely N-dealkylation sites (tertiary alicyclic amines) is 1. The molecule has 15 heavy (non-hydrogen) atoms. The van der Waals surface area contributed by atoms with Crippen molar-refractivity contribution in [3.8, 4) is 0 Å². The normalized spacial score (nSPS) is 23.6. The first kappa shape index (κ1) is 13.0. The quantitative estimate of drug-likeness (QED) is 0.727. The molecular formula is C13H28N2. The molecule has 0 aromatic rings. The highest BCUT2D eigenvalue weighted by Crippen LogP contribution is 2.29. The third-order valence-electron chi connectivity index (χ3n) is 4.12. The zero-order valence-electron chi connectivity index (χ0n) is 11.0. The fourth-order valence-corrected chi connectivity index (χ4v) is 2.80. The Morgan fingerprint density at radius 1 is 1.33 bits per heavy atom. The summed E-state index contributed by atoms with van der Waals surface area (Å²) < 4.78 is 0. The molecule has 1 aliphatic rings. The van der Waals surface area contributed by atoms with E-state index in [2.05, 4.69) is 38.0 Å². The molecule has 1 unspecified atom stereocenters. The van der Waals surface area contributed by atoms with E-state index in [9.17, 15) is 0 Å². The topological polar surface area (TPSA) is 15.3 Å². The van der Waals surface area contributed by atoms with Crippen LogP contribution in [0.5, 0.6) is 0 Å². The average Bonchev–Trinajstić information content (AvgIpc) is 2.63. The predicted molar refractivity (Wildman–Crippen MR) is 67.2 cm³/mol. The van der Waals surface area contributed by atoms with E-state index in [1.165, 1.54) is 38.9 Å². The Balaban J connectivity index is 2.49. The number of hydrogen-bond donors (Lipinski definition) is 1. The highest BCUT2D eigenvalue weighted by Gasteiger charge is 2.30. The summed E-state index contributed by atoms with van der Waals surface area (Å²) in [5.74, 6) is 0.908. The van der Waals surface area contributed by atoms with Gasteiger partial charge in [0.2, 0.25) is 0 Å². The van der Waals surface area contributed by atoms with Crippen LogP contribution in [-0.2, 0) is 0 Å². The molecule has 2 nitrogen and oxygen atoms in total. The second-order valence-electron chi connectivity index (χ2n) is 5.37. The maximum atomic E-state index is 3.37. The number of nitrogens with one attached hydrogen (secondary N) is 1. The number of rotatable bonds is 6. The summed E-state index contributed by atoms with van der Waals surface area (Å²) >= 11 is 0. The van der Waals surface area contributed by atoms with Crippen LogP contribution in [0, 0.1) is 11.3 Å². The minimum atomic E-state index is 0.499. The van der Waals surface area contributed by atoms with Crippen LogP contribution in [0.25, 0.3) is 0 Å². The Bertz CT molecular complexity index is 175. The van der Waals surface area contributed by atoms with E-state index < -0.39 is 0 Å². The maximum absolute atomic E-state index is 3.37. The molecule has 1 atom stereocenters. The third-order valence-corrected chi connectivity index (χ3v) is 4.12. The highest BCUT2D eigenvalue weighted by molar-refractivity contribution is 4.85. The number of hydrogen-bond acceptors (Lipinski definition) is 2. The summed E-state index contributed by atoms with van der Waals surface area (Å²) in [4.78, 5) is 2.66. The van der Waals surface area contributed by atoms with Crippen molar-refractivity contribution in [3.05, 3.63) is 0 Å². The first-order valence-corrected chi connectivity index (χ1v) is 6.52. The smallest absolute Gasteiger partial charge is 0.00500 e. The van der Waals surface area contributed by atoms with Crippen LogP contribution in [0.15, 0.2) is 0 Å². The zero-order chi connectivity index (χ0) is 11.3. The van der Waals surface area contributed by atoms with Gasteiger partial charge in [0.25, 0.3) is 0 Å². The maximum Gasteiger partial charge on any atom is 0.00500 e. The van der Waals surface area contributed by atoms with E-state index in [1.54, 1.807) is 0 Å². The second kappa shape index (κ2) is 5.86. The van der Waals surface area contributed by atoms with E-state index in [4.69, 9.17) is 0 Å². The van der Waals surface area contributed by atoms with Crippen molar-refractivity contribution in [2.24, 2.45) is 11.3 Å². The molecular weight excluding hydrogens is 184 g/mol. The van der Waals surface area contributed by atoms with Crippen molar-refractivity contribution < 1.29 is 0 Å². The van der Waals surface area contributed by atoms with Crippen molar-refractivity contribution in [2.75, 3.05) is 33.2 Å². The van der Waals surface area contributed by atoms with Gasteiger partial charge in [-0.2, -0.15) is 0 Å². The first-order valence-electron chi connectivity index (χ1n) is 6.52. The summed E-state index contributed by atoms with van der Waals surface area (Å²) in [6.45, 7) is 12.1. The Kier molecular flexibility index (Phi) is 5.07. The molecule has 1 heterocycles. The van der Waals surface area contributed by atoms with E-state index in [-0.39, 0.29) is 0 Å². The Hall–Kier alpha value is -0.0800. The Morgan fingerprint density at radius 3 is 2.40 bits per heavy atom. The minimum Gasteiger partial charge on any atom is -0.319 e. The monoisotopic (exact) mass is 212 g/mol. The van der Waals surface area contributed by atoms with Crippen molar-refractivity contribution in [3.63, 3.8) is 0 Å². The minimum absolute atomic E-state index is 0.499. The van der Waals surface area contributed by atoms with Crippen LogP contribution in [-0.4, -0.2) is 38.1 Å². The number of nitrogens with zero attached hydrogens (tertiary/aromatic N) is 1. The molecule has 0 bridgehead atoms. The Labute approximate surface area is 95.4 Å². The highest BCUT2D eigenvalue weighted by atomic mass is 15.2. The average molecular weight is 212 g/mol. The van der Waals surface area contributed by atoms with Crippen molar-refractivity contribution in [1.82, 2.24) is 10.2 Å². The van der Waals surface area contributed by atoms with Gasteiger partial charge in [-0.25, -0.2) is 0 Å². The first-order chi connectivity index (χ1) is 7.15. The van der Waals surface area contributed by atoms with Crippen molar-refractivity contribution in [2.45, 2.75) is 40.0 Å². The molecule has 0 amide bonds.